The Balaban J connectivity index is 1.96. The first-order valence-electron chi connectivity index (χ1n) is 9.70. The highest BCUT2D eigenvalue weighted by atomic mass is 35.5. The average Bonchev–Trinajstić information content (AvgIpc) is 2.80. The number of nitrogens with one attached hydrogen (secondary N) is 1. The van der Waals surface area contributed by atoms with Crippen molar-refractivity contribution in [3.05, 3.63) is 87.4 Å². The first kappa shape index (κ1) is 25.1. The van der Waals surface area contributed by atoms with E-state index < -0.39 is 16.0 Å². The Morgan fingerprint density at radius 2 is 1.74 bits per heavy atom. The van der Waals surface area contributed by atoms with Crippen LogP contribution in [0, 0.1) is 18.3 Å². The van der Waals surface area contributed by atoms with Gasteiger partial charge in [-0.05, 0) is 55.5 Å². The van der Waals surface area contributed by atoms with Gasteiger partial charge in [0.05, 0.1) is 17.2 Å². The summed E-state index contributed by atoms with van der Waals surface area (Å²) in [4.78, 5) is 12.6. The number of rotatable bonds is 7. The van der Waals surface area contributed by atoms with Crippen LogP contribution in [0.5, 0.6) is 11.5 Å². The maximum atomic E-state index is 12.8. The Bertz CT molecular complexity index is 1410. The summed E-state index contributed by atoms with van der Waals surface area (Å²) in [6.45, 7) is 1.83. The maximum Gasteiger partial charge on any atom is 0.339 e. The Morgan fingerprint density at radius 1 is 1.03 bits per heavy atom. The van der Waals surface area contributed by atoms with Gasteiger partial charge >= 0.3 is 10.1 Å². The molecule has 0 radical (unpaired) electrons. The molecule has 1 amide bonds. The van der Waals surface area contributed by atoms with Gasteiger partial charge in [-0.25, -0.2) is 0 Å². The zero-order chi connectivity index (χ0) is 24.9. The maximum absolute atomic E-state index is 12.8. The van der Waals surface area contributed by atoms with Gasteiger partial charge in [0.1, 0.15) is 22.3 Å². The fourth-order valence-corrected chi connectivity index (χ4v) is 4.03. The lowest BCUT2D eigenvalue weighted by Crippen LogP contribution is -2.14. The SMILES string of the molecule is COc1ccc(/C=C(\C#N)C(=O)Nc2ccc(Cl)c(Cl)c2)c(OS(=O)(=O)c2ccc(C)cc2)c1. The Kier molecular flexibility index (Phi) is 7.84. The standard InChI is InChI=1S/C24H18Cl2N2O5S/c1-15-3-8-20(9-4-15)34(30,31)33-23-13-19(32-2)7-5-16(23)11-17(14-27)24(29)28-18-6-10-21(25)22(26)12-18/h3-13H,1-2H3,(H,28,29)/b17-11+. The van der Waals surface area contributed by atoms with Crippen molar-refractivity contribution in [1.82, 2.24) is 0 Å². The smallest absolute Gasteiger partial charge is 0.339 e. The molecule has 0 aliphatic rings. The highest BCUT2D eigenvalue weighted by Gasteiger charge is 2.20. The number of carbonyl (C=O) groups excluding carboxylic acids is 1. The lowest BCUT2D eigenvalue weighted by Gasteiger charge is -2.12. The van der Waals surface area contributed by atoms with Crippen LogP contribution in [0.3, 0.4) is 0 Å². The first-order chi connectivity index (χ1) is 16.1. The van der Waals surface area contributed by atoms with Crippen molar-refractivity contribution in [1.29, 1.82) is 5.26 Å². The Morgan fingerprint density at radius 3 is 2.35 bits per heavy atom. The molecule has 0 bridgehead atoms. The topological polar surface area (TPSA) is 105 Å². The van der Waals surface area contributed by atoms with Crippen LogP contribution in [0.1, 0.15) is 11.1 Å². The number of ether oxygens (including phenoxy) is 1. The molecule has 0 saturated heterocycles. The summed E-state index contributed by atoms with van der Waals surface area (Å²) in [7, 11) is -2.78. The van der Waals surface area contributed by atoms with Crippen molar-refractivity contribution in [2.24, 2.45) is 0 Å². The fourth-order valence-electron chi connectivity index (χ4n) is 2.78. The average molecular weight is 517 g/mol. The number of aryl methyl sites for hydroxylation is 1. The van der Waals surface area contributed by atoms with E-state index in [0.29, 0.717) is 16.5 Å². The Hall–Kier alpha value is -3.51. The predicted molar refractivity (Wildman–Crippen MR) is 131 cm³/mol. The van der Waals surface area contributed by atoms with E-state index in [-0.39, 0.29) is 26.8 Å². The number of hydrogen-bond donors (Lipinski definition) is 1. The molecule has 1 N–H and O–H groups in total. The second kappa shape index (κ2) is 10.6. The number of nitriles is 1. The number of amides is 1. The highest BCUT2D eigenvalue weighted by molar-refractivity contribution is 7.87. The van der Waals surface area contributed by atoms with Crippen LogP contribution in [0.25, 0.3) is 6.08 Å². The number of carbonyl (C=O) groups is 1. The molecule has 0 unspecified atom stereocenters. The Labute approximate surface area is 207 Å². The molecule has 0 saturated carbocycles. The summed E-state index contributed by atoms with van der Waals surface area (Å²) < 4.78 is 36.1. The van der Waals surface area contributed by atoms with Crippen LogP contribution in [0.2, 0.25) is 10.0 Å². The molecule has 34 heavy (non-hydrogen) atoms. The minimum absolute atomic E-state index is 0.0475. The molecule has 174 valence electrons. The van der Waals surface area contributed by atoms with E-state index in [9.17, 15) is 18.5 Å². The molecular formula is C24H18Cl2N2O5S. The summed E-state index contributed by atoms with van der Waals surface area (Å²) >= 11 is 11.8. The second-order valence-corrected chi connectivity index (χ2v) is 9.37. The first-order valence-corrected chi connectivity index (χ1v) is 11.9. The molecule has 3 rings (SSSR count). The van der Waals surface area contributed by atoms with E-state index in [1.54, 1.807) is 24.3 Å². The van der Waals surface area contributed by atoms with Crippen molar-refractivity contribution < 1.29 is 22.1 Å². The van der Waals surface area contributed by atoms with Gasteiger partial charge in [-0.15, -0.1) is 0 Å². The largest absolute Gasteiger partial charge is 0.497 e. The molecule has 7 nitrogen and oxygen atoms in total. The van der Waals surface area contributed by atoms with E-state index in [0.717, 1.165) is 5.56 Å². The molecule has 3 aromatic rings. The van der Waals surface area contributed by atoms with Crippen molar-refractivity contribution in [2.75, 3.05) is 12.4 Å². The summed E-state index contributed by atoms with van der Waals surface area (Å²) in [5.74, 6) is -0.524. The zero-order valence-electron chi connectivity index (χ0n) is 18.0. The molecule has 3 aromatic carbocycles. The number of benzene rings is 3. The fraction of sp³-hybridized carbons (Fsp3) is 0.0833. The van der Waals surface area contributed by atoms with E-state index in [4.69, 9.17) is 32.1 Å². The lowest BCUT2D eigenvalue weighted by molar-refractivity contribution is -0.112. The number of hydrogen-bond acceptors (Lipinski definition) is 6. The number of halogens is 2. The van der Waals surface area contributed by atoms with Crippen LogP contribution >= 0.6 is 23.2 Å². The van der Waals surface area contributed by atoms with E-state index >= 15 is 0 Å². The molecule has 0 heterocycles. The van der Waals surface area contributed by atoms with E-state index in [1.807, 2.05) is 6.92 Å². The minimum Gasteiger partial charge on any atom is -0.497 e. The zero-order valence-corrected chi connectivity index (χ0v) is 20.3. The van der Waals surface area contributed by atoms with Crippen LogP contribution < -0.4 is 14.2 Å². The van der Waals surface area contributed by atoms with Gasteiger partial charge < -0.3 is 14.2 Å². The molecule has 0 aromatic heterocycles. The number of nitrogens with zero attached hydrogens (tertiary/aromatic N) is 1. The van der Waals surface area contributed by atoms with E-state index in [2.05, 4.69) is 5.32 Å². The third-order valence-electron chi connectivity index (χ3n) is 4.57. The summed E-state index contributed by atoms with van der Waals surface area (Å²) in [6, 6.07) is 16.8. The molecule has 0 aliphatic carbocycles. The van der Waals surface area contributed by atoms with Crippen LogP contribution in [0.15, 0.2) is 71.1 Å². The number of methoxy groups -OCH3 is 1. The summed E-state index contributed by atoms with van der Waals surface area (Å²) in [5, 5.41) is 12.6. The third kappa shape index (κ3) is 6.08. The molecule has 0 spiro atoms. The van der Waals surface area contributed by atoms with Crippen molar-refractivity contribution in [3.63, 3.8) is 0 Å². The molecule has 0 fully saturated rings. The van der Waals surface area contributed by atoms with Gasteiger partial charge in [0.15, 0.2) is 5.75 Å². The van der Waals surface area contributed by atoms with Gasteiger partial charge in [-0.2, -0.15) is 13.7 Å². The molecule has 0 atom stereocenters. The third-order valence-corrected chi connectivity index (χ3v) is 6.56. The van der Waals surface area contributed by atoms with E-state index in [1.165, 1.54) is 55.7 Å². The molecule has 0 aliphatic heterocycles. The van der Waals surface area contributed by atoms with Crippen LogP contribution in [-0.2, 0) is 14.9 Å². The van der Waals surface area contributed by atoms with Gasteiger partial charge in [-0.1, -0.05) is 40.9 Å². The second-order valence-electron chi connectivity index (χ2n) is 7.01. The summed E-state index contributed by atoms with van der Waals surface area (Å²) in [6.07, 6.45) is 1.21. The quantitative estimate of drug-likeness (QED) is 0.248. The van der Waals surface area contributed by atoms with Gasteiger partial charge in [0.25, 0.3) is 5.91 Å². The van der Waals surface area contributed by atoms with Crippen molar-refractivity contribution >= 4 is 51.0 Å². The van der Waals surface area contributed by atoms with Gasteiger partial charge in [-0.3, -0.25) is 4.79 Å². The molecular weight excluding hydrogens is 499 g/mol. The highest BCUT2D eigenvalue weighted by Crippen LogP contribution is 2.30. The van der Waals surface area contributed by atoms with Gasteiger partial charge in [0.2, 0.25) is 0 Å². The van der Waals surface area contributed by atoms with Crippen LogP contribution in [0.4, 0.5) is 5.69 Å². The van der Waals surface area contributed by atoms with Gasteiger partial charge in [0, 0.05) is 17.3 Å². The summed E-state index contributed by atoms with van der Waals surface area (Å²) in [5.41, 5.74) is 1.09. The van der Waals surface area contributed by atoms with Crippen LogP contribution in [-0.4, -0.2) is 21.4 Å². The lowest BCUT2D eigenvalue weighted by atomic mass is 10.1. The predicted octanol–water partition coefficient (Wildman–Crippen LogP) is 5.62. The number of anilines is 1. The normalized spacial score (nSPS) is 11.4. The molecule has 10 heteroatoms. The monoisotopic (exact) mass is 516 g/mol. The van der Waals surface area contributed by atoms with Crippen molar-refractivity contribution in [2.45, 2.75) is 11.8 Å². The minimum atomic E-state index is -4.19. The van der Waals surface area contributed by atoms with Crippen molar-refractivity contribution in [3.8, 4) is 17.6 Å².